The third-order valence-electron chi connectivity index (χ3n) is 4.72. The van der Waals surface area contributed by atoms with E-state index in [2.05, 4.69) is 25.8 Å². The van der Waals surface area contributed by atoms with Crippen molar-refractivity contribution in [3.8, 4) is 6.07 Å². The molecule has 3 heterocycles. The molecule has 0 aliphatic carbocycles. The van der Waals surface area contributed by atoms with Gasteiger partial charge in [-0.2, -0.15) is 5.26 Å². The number of allylic oxidation sites excluding steroid dienone is 1. The zero-order valence-corrected chi connectivity index (χ0v) is 15.3. The lowest BCUT2D eigenvalue weighted by Crippen LogP contribution is -2.05. The predicted octanol–water partition coefficient (Wildman–Crippen LogP) is 4.58. The molecule has 0 atom stereocenters. The Morgan fingerprint density at radius 2 is 2.12 bits per heavy atom. The minimum Gasteiger partial charge on any atom is -0.310 e. The van der Waals surface area contributed by atoms with E-state index in [0.717, 1.165) is 48.1 Å². The van der Waals surface area contributed by atoms with Gasteiger partial charge in [-0.25, -0.2) is 4.98 Å². The van der Waals surface area contributed by atoms with Crippen LogP contribution in [-0.4, -0.2) is 19.7 Å². The van der Waals surface area contributed by atoms with Gasteiger partial charge in [-0.15, -0.1) is 10.2 Å². The summed E-state index contributed by atoms with van der Waals surface area (Å²) in [6.07, 6.45) is 6.03. The highest BCUT2D eigenvalue weighted by Gasteiger charge is 2.18. The number of nitrogens with zero attached hydrogens (tertiary/aromatic N) is 5. The second-order valence-electron chi connectivity index (χ2n) is 6.64. The molecule has 0 radical (unpaired) electrons. The molecule has 130 valence electrons. The van der Waals surface area contributed by atoms with Gasteiger partial charge in [-0.1, -0.05) is 30.2 Å². The smallest absolute Gasteiger partial charge is 0.174 e. The topological polar surface area (TPSA) is 67.4 Å². The number of hydrogen-bond acceptors (Lipinski definition) is 4. The van der Waals surface area contributed by atoms with E-state index in [4.69, 9.17) is 11.6 Å². The maximum Gasteiger partial charge on any atom is 0.174 e. The summed E-state index contributed by atoms with van der Waals surface area (Å²) in [6.45, 7) is 2.87. The molecule has 26 heavy (non-hydrogen) atoms. The maximum absolute atomic E-state index is 9.71. The van der Waals surface area contributed by atoms with Crippen LogP contribution in [0.2, 0.25) is 5.15 Å². The van der Waals surface area contributed by atoms with Crippen LogP contribution in [-0.2, 0) is 13.0 Å². The van der Waals surface area contributed by atoms with E-state index in [1.54, 1.807) is 6.08 Å². The molecule has 1 aliphatic heterocycles. The molecule has 6 heteroatoms. The number of halogens is 1. The summed E-state index contributed by atoms with van der Waals surface area (Å²) in [5.41, 5.74) is 3.15. The Morgan fingerprint density at radius 3 is 2.96 bits per heavy atom. The molecular weight excluding hydrogens is 346 g/mol. The molecular formula is C20H18ClN5. The molecule has 0 saturated carbocycles. The number of hydrogen-bond donors (Lipinski definition) is 0. The molecule has 2 aromatic heterocycles. The third kappa shape index (κ3) is 3.09. The number of fused-ring (bicyclic) bond motifs is 2. The monoisotopic (exact) mass is 363 g/mol. The van der Waals surface area contributed by atoms with E-state index < -0.39 is 0 Å². The lowest BCUT2D eigenvalue weighted by Gasteiger charge is -2.07. The van der Waals surface area contributed by atoms with Gasteiger partial charge in [0.05, 0.1) is 11.1 Å². The Labute approximate surface area is 157 Å². The summed E-state index contributed by atoms with van der Waals surface area (Å²) in [6, 6.07) is 10.3. The van der Waals surface area contributed by atoms with Gasteiger partial charge in [-0.3, -0.25) is 0 Å². The molecule has 0 bridgehead atoms. The highest BCUT2D eigenvalue weighted by atomic mass is 35.5. The largest absolute Gasteiger partial charge is 0.310 e. The number of nitriles is 1. The summed E-state index contributed by atoms with van der Waals surface area (Å²) in [4.78, 5) is 4.48. The second-order valence-corrected chi connectivity index (χ2v) is 6.99. The Kier molecular flexibility index (Phi) is 4.44. The standard InChI is InChI=1S/C20H18ClN5/c1-13-6-7-14-10-15(19(21)23-17(14)9-13)11-16(12-22)20-25-24-18-5-3-2-4-8-26(18)20/h6-7,9-11H,2-5,8H2,1H3/b16-11+. The van der Waals surface area contributed by atoms with Crippen LogP contribution in [0.5, 0.6) is 0 Å². The third-order valence-corrected chi connectivity index (χ3v) is 5.03. The number of aromatic nitrogens is 4. The van der Waals surface area contributed by atoms with E-state index in [1.165, 1.54) is 6.42 Å². The summed E-state index contributed by atoms with van der Waals surface area (Å²) >= 11 is 6.38. The van der Waals surface area contributed by atoms with Crippen LogP contribution in [0.3, 0.4) is 0 Å². The number of pyridine rings is 1. The zero-order valence-electron chi connectivity index (χ0n) is 14.5. The van der Waals surface area contributed by atoms with Gasteiger partial charge in [0.2, 0.25) is 0 Å². The van der Waals surface area contributed by atoms with Crippen LogP contribution in [0.4, 0.5) is 0 Å². The minimum absolute atomic E-state index is 0.381. The molecule has 0 amide bonds. The first-order valence-corrected chi connectivity index (χ1v) is 9.14. The van der Waals surface area contributed by atoms with Crippen LogP contribution in [0, 0.1) is 18.3 Å². The van der Waals surface area contributed by atoms with Gasteiger partial charge in [-0.05, 0) is 43.5 Å². The number of benzene rings is 1. The Balaban J connectivity index is 1.80. The van der Waals surface area contributed by atoms with Gasteiger partial charge in [0.25, 0.3) is 0 Å². The van der Waals surface area contributed by atoms with Gasteiger partial charge in [0, 0.05) is 23.9 Å². The fourth-order valence-corrected chi connectivity index (χ4v) is 3.56. The molecule has 0 fully saturated rings. The van der Waals surface area contributed by atoms with Gasteiger partial charge in [0.1, 0.15) is 17.0 Å². The van der Waals surface area contributed by atoms with Crippen LogP contribution in [0.15, 0.2) is 24.3 Å². The minimum atomic E-state index is 0.381. The molecule has 1 aromatic carbocycles. The van der Waals surface area contributed by atoms with E-state index in [9.17, 15) is 5.26 Å². The van der Waals surface area contributed by atoms with E-state index in [1.807, 2.05) is 31.2 Å². The maximum atomic E-state index is 9.71. The number of aryl methyl sites for hydroxylation is 2. The van der Waals surface area contributed by atoms with Crippen LogP contribution < -0.4 is 0 Å². The average molecular weight is 364 g/mol. The molecule has 0 unspecified atom stereocenters. The van der Waals surface area contributed by atoms with E-state index in [0.29, 0.717) is 22.1 Å². The van der Waals surface area contributed by atoms with Crippen LogP contribution >= 0.6 is 11.6 Å². The van der Waals surface area contributed by atoms with Crippen molar-refractivity contribution < 1.29 is 0 Å². The molecule has 5 nitrogen and oxygen atoms in total. The van der Waals surface area contributed by atoms with Crippen molar-refractivity contribution in [1.29, 1.82) is 5.26 Å². The highest BCUT2D eigenvalue weighted by Crippen LogP contribution is 2.26. The Bertz CT molecular complexity index is 1060. The van der Waals surface area contributed by atoms with Crippen LogP contribution in [0.1, 0.15) is 42.0 Å². The van der Waals surface area contributed by atoms with Gasteiger partial charge >= 0.3 is 0 Å². The summed E-state index contributed by atoms with van der Waals surface area (Å²) in [5, 5.41) is 19.6. The summed E-state index contributed by atoms with van der Waals surface area (Å²) in [5.74, 6) is 1.57. The molecule has 4 rings (SSSR count). The second kappa shape index (κ2) is 6.89. The molecule has 0 saturated heterocycles. The Hall–Kier alpha value is -2.71. The predicted molar refractivity (Wildman–Crippen MR) is 103 cm³/mol. The van der Waals surface area contributed by atoms with E-state index in [-0.39, 0.29) is 0 Å². The van der Waals surface area contributed by atoms with Crippen molar-refractivity contribution in [2.75, 3.05) is 0 Å². The lowest BCUT2D eigenvalue weighted by molar-refractivity contribution is 0.627. The first kappa shape index (κ1) is 16.7. The molecule has 0 spiro atoms. The van der Waals surface area contributed by atoms with Crippen molar-refractivity contribution in [2.24, 2.45) is 0 Å². The molecule has 0 N–H and O–H groups in total. The highest BCUT2D eigenvalue weighted by molar-refractivity contribution is 6.31. The van der Waals surface area contributed by atoms with Gasteiger partial charge in [0.15, 0.2) is 5.82 Å². The van der Waals surface area contributed by atoms with Crippen molar-refractivity contribution in [3.63, 3.8) is 0 Å². The normalized spacial score (nSPS) is 14.7. The Morgan fingerprint density at radius 1 is 1.23 bits per heavy atom. The lowest BCUT2D eigenvalue weighted by atomic mass is 10.1. The van der Waals surface area contributed by atoms with Crippen molar-refractivity contribution in [3.05, 3.63) is 52.2 Å². The average Bonchev–Trinajstić information content (AvgIpc) is 2.88. The molecule has 3 aromatic rings. The SMILES string of the molecule is Cc1ccc2cc(/C=C(\C#N)c3nnc4n3CCCCC4)c(Cl)nc2c1. The zero-order chi connectivity index (χ0) is 18.1. The quantitative estimate of drug-likeness (QED) is 0.493. The first-order valence-electron chi connectivity index (χ1n) is 8.77. The van der Waals surface area contributed by atoms with Crippen molar-refractivity contribution in [2.45, 2.75) is 39.2 Å². The molecule has 1 aliphatic rings. The van der Waals surface area contributed by atoms with Crippen molar-refractivity contribution in [1.82, 2.24) is 19.7 Å². The van der Waals surface area contributed by atoms with Gasteiger partial charge < -0.3 is 4.57 Å². The fraction of sp³-hybridized carbons (Fsp3) is 0.300. The van der Waals surface area contributed by atoms with Crippen LogP contribution in [0.25, 0.3) is 22.6 Å². The fourth-order valence-electron chi connectivity index (χ4n) is 3.36. The summed E-state index contributed by atoms with van der Waals surface area (Å²) < 4.78 is 2.06. The summed E-state index contributed by atoms with van der Waals surface area (Å²) in [7, 11) is 0. The first-order chi connectivity index (χ1) is 12.7. The van der Waals surface area contributed by atoms with Crippen molar-refractivity contribution >= 4 is 34.2 Å². The number of rotatable bonds is 2. The van der Waals surface area contributed by atoms with E-state index >= 15 is 0 Å².